The standard InChI is InChI=1S/C12H13ClN4O/c13-10-7-15-9(6-16-10)11(18)17-12(8-14)4-2-1-3-5-12/h6-7H,1-5H2,(H,17,18). The number of hydrogen-bond acceptors (Lipinski definition) is 4. The van der Waals surface area contributed by atoms with Gasteiger partial charge in [-0.3, -0.25) is 4.79 Å². The first-order chi connectivity index (χ1) is 8.65. The van der Waals surface area contributed by atoms with E-state index in [4.69, 9.17) is 11.6 Å². The molecule has 0 saturated heterocycles. The number of carbonyl (C=O) groups is 1. The van der Waals surface area contributed by atoms with E-state index < -0.39 is 5.54 Å². The Morgan fingerprint density at radius 1 is 1.33 bits per heavy atom. The minimum Gasteiger partial charge on any atom is -0.332 e. The van der Waals surface area contributed by atoms with Crippen molar-refractivity contribution >= 4 is 17.5 Å². The van der Waals surface area contributed by atoms with Crippen LogP contribution in [0.25, 0.3) is 0 Å². The Hall–Kier alpha value is -1.67. The van der Waals surface area contributed by atoms with Crippen molar-refractivity contribution in [3.05, 3.63) is 23.2 Å². The molecule has 1 amide bonds. The van der Waals surface area contributed by atoms with Gasteiger partial charge in [-0.2, -0.15) is 5.26 Å². The molecule has 1 aromatic rings. The zero-order valence-electron chi connectivity index (χ0n) is 9.82. The first kappa shape index (κ1) is 12.8. The molecule has 6 heteroatoms. The van der Waals surface area contributed by atoms with Gasteiger partial charge in [0.05, 0.1) is 18.5 Å². The van der Waals surface area contributed by atoms with Gasteiger partial charge in [0.1, 0.15) is 16.4 Å². The van der Waals surface area contributed by atoms with Gasteiger partial charge in [-0.25, -0.2) is 9.97 Å². The number of nitriles is 1. The predicted molar refractivity (Wildman–Crippen MR) is 65.9 cm³/mol. The van der Waals surface area contributed by atoms with Crippen LogP contribution in [0.4, 0.5) is 0 Å². The Bertz CT molecular complexity index is 474. The molecule has 0 radical (unpaired) electrons. The van der Waals surface area contributed by atoms with Crippen LogP contribution in [0.2, 0.25) is 5.15 Å². The van der Waals surface area contributed by atoms with Gasteiger partial charge in [0.15, 0.2) is 0 Å². The van der Waals surface area contributed by atoms with Crippen molar-refractivity contribution in [1.29, 1.82) is 5.26 Å². The summed E-state index contributed by atoms with van der Waals surface area (Å²) in [6.07, 6.45) is 7.04. The Morgan fingerprint density at radius 2 is 2.06 bits per heavy atom. The molecule has 1 aliphatic carbocycles. The number of hydrogen-bond donors (Lipinski definition) is 1. The molecule has 0 spiro atoms. The number of amides is 1. The summed E-state index contributed by atoms with van der Waals surface area (Å²) in [6.45, 7) is 0. The molecule has 0 unspecified atom stereocenters. The maximum Gasteiger partial charge on any atom is 0.272 e. The van der Waals surface area contributed by atoms with E-state index in [1.165, 1.54) is 12.4 Å². The zero-order valence-corrected chi connectivity index (χ0v) is 10.6. The molecule has 1 aromatic heterocycles. The summed E-state index contributed by atoms with van der Waals surface area (Å²) in [5.41, 5.74) is -0.573. The fourth-order valence-electron chi connectivity index (χ4n) is 2.13. The number of rotatable bonds is 2. The summed E-state index contributed by atoms with van der Waals surface area (Å²) in [4.78, 5) is 19.7. The van der Waals surface area contributed by atoms with Crippen molar-refractivity contribution in [2.45, 2.75) is 37.6 Å². The van der Waals surface area contributed by atoms with Crippen molar-refractivity contribution in [3.63, 3.8) is 0 Å². The van der Waals surface area contributed by atoms with Crippen LogP contribution in [0.15, 0.2) is 12.4 Å². The van der Waals surface area contributed by atoms with Crippen molar-refractivity contribution in [2.24, 2.45) is 0 Å². The summed E-state index contributed by atoms with van der Waals surface area (Å²) in [5.74, 6) is -0.373. The lowest BCUT2D eigenvalue weighted by Gasteiger charge is -2.31. The second kappa shape index (κ2) is 5.32. The number of nitrogens with zero attached hydrogens (tertiary/aromatic N) is 3. The summed E-state index contributed by atoms with van der Waals surface area (Å²) in [5, 5.41) is 12.3. The Morgan fingerprint density at radius 3 is 2.61 bits per heavy atom. The van der Waals surface area contributed by atoms with Crippen LogP contribution in [-0.4, -0.2) is 21.4 Å². The third-order valence-electron chi connectivity index (χ3n) is 3.13. The van der Waals surface area contributed by atoms with Crippen LogP contribution in [0.1, 0.15) is 42.6 Å². The smallest absolute Gasteiger partial charge is 0.272 e. The number of aromatic nitrogens is 2. The third kappa shape index (κ3) is 2.77. The van der Waals surface area contributed by atoms with Crippen LogP contribution in [0, 0.1) is 11.3 Å². The van der Waals surface area contributed by atoms with Gasteiger partial charge in [-0.15, -0.1) is 0 Å². The molecule has 0 aliphatic heterocycles. The Labute approximate surface area is 110 Å². The summed E-state index contributed by atoms with van der Waals surface area (Å²) >= 11 is 5.61. The van der Waals surface area contributed by atoms with E-state index in [1.807, 2.05) is 0 Å². The van der Waals surface area contributed by atoms with E-state index in [1.54, 1.807) is 0 Å². The topological polar surface area (TPSA) is 78.7 Å². The summed E-state index contributed by atoms with van der Waals surface area (Å²) in [6, 6.07) is 2.22. The van der Waals surface area contributed by atoms with Crippen molar-refractivity contribution in [2.75, 3.05) is 0 Å². The van der Waals surface area contributed by atoms with E-state index in [0.717, 1.165) is 19.3 Å². The number of nitrogens with one attached hydrogen (secondary N) is 1. The Balaban J connectivity index is 2.10. The maximum absolute atomic E-state index is 12.0. The van der Waals surface area contributed by atoms with Gasteiger partial charge in [-0.05, 0) is 12.8 Å². The molecule has 1 heterocycles. The molecule has 1 saturated carbocycles. The largest absolute Gasteiger partial charge is 0.332 e. The highest BCUT2D eigenvalue weighted by Crippen LogP contribution is 2.27. The van der Waals surface area contributed by atoms with E-state index in [0.29, 0.717) is 12.8 Å². The van der Waals surface area contributed by atoms with Gasteiger partial charge in [0.2, 0.25) is 0 Å². The fourth-order valence-corrected chi connectivity index (χ4v) is 2.23. The summed E-state index contributed by atoms with van der Waals surface area (Å²) < 4.78 is 0. The molecule has 5 nitrogen and oxygen atoms in total. The molecule has 1 N–H and O–H groups in total. The van der Waals surface area contributed by atoms with Crippen LogP contribution >= 0.6 is 11.6 Å². The molecule has 1 aliphatic rings. The summed E-state index contributed by atoms with van der Waals surface area (Å²) in [7, 11) is 0. The van der Waals surface area contributed by atoms with E-state index in [-0.39, 0.29) is 16.8 Å². The average molecular weight is 265 g/mol. The second-order valence-electron chi connectivity index (χ2n) is 4.43. The van der Waals surface area contributed by atoms with Crippen LogP contribution in [0.3, 0.4) is 0 Å². The van der Waals surface area contributed by atoms with E-state index in [9.17, 15) is 10.1 Å². The van der Waals surface area contributed by atoms with E-state index >= 15 is 0 Å². The molecule has 94 valence electrons. The highest BCUT2D eigenvalue weighted by molar-refractivity contribution is 6.29. The number of halogens is 1. The monoisotopic (exact) mass is 264 g/mol. The van der Waals surface area contributed by atoms with Gasteiger partial charge >= 0.3 is 0 Å². The predicted octanol–water partition coefficient (Wildman–Crippen LogP) is 2.09. The third-order valence-corrected chi connectivity index (χ3v) is 3.32. The molecular formula is C12H13ClN4O. The lowest BCUT2D eigenvalue weighted by atomic mass is 9.83. The maximum atomic E-state index is 12.0. The molecule has 0 aromatic carbocycles. The van der Waals surface area contributed by atoms with Crippen LogP contribution in [0.5, 0.6) is 0 Å². The van der Waals surface area contributed by atoms with Crippen LogP contribution < -0.4 is 5.32 Å². The quantitative estimate of drug-likeness (QED) is 0.887. The molecule has 2 rings (SSSR count). The number of carbonyl (C=O) groups excluding carboxylic acids is 1. The average Bonchev–Trinajstić information content (AvgIpc) is 2.40. The highest BCUT2D eigenvalue weighted by atomic mass is 35.5. The normalized spacial score (nSPS) is 17.8. The molecule has 0 atom stereocenters. The van der Waals surface area contributed by atoms with Crippen molar-refractivity contribution in [3.8, 4) is 6.07 Å². The first-order valence-electron chi connectivity index (χ1n) is 5.86. The second-order valence-corrected chi connectivity index (χ2v) is 4.82. The Kier molecular flexibility index (Phi) is 3.78. The molecule has 0 bridgehead atoms. The van der Waals surface area contributed by atoms with Gasteiger partial charge in [0.25, 0.3) is 5.91 Å². The van der Waals surface area contributed by atoms with Crippen LogP contribution in [-0.2, 0) is 0 Å². The minimum absolute atomic E-state index is 0.180. The molecule has 18 heavy (non-hydrogen) atoms. The van der Waals surface area contributed by atoms with Gasteiger partial charge < -0.3 is 5.32 Å². The highest BCUT2D eigenvalue weighted by Gasteiger charge is 2.34. The molecular weight excluding hydrogens is 252 g/mol. The fraction of sp³-hybridized carbons (Fsp3) is 0.500. The minimum atomic E-state index is -0.753. The lowest BCUT2D eigenvalue weighted by molar-refractivity contribution is 0.0897. The SMILES string of the molecule is N#CC1(NC(=O)c2cnc(Cl)cn2)CCCCC1. The van der Waals surface area contributed by atoms with Crippen molar-refractivity contribution in [1.82, 2.24) is 15.3 Å². The molecule has 1 fully saturated rings. The van der Waals surface area contributed by atoms with Gasteiger partial charge in [0, 0.05) is 0 Å². The van der Waals surface area contributed by atoms with Gasteiger partial charge in [-0.1, -0.05) is 30.9 Å². The lowest BCUT2D eigenvalue weighted by Crippen LogP contribution is -2.48. The first-order valence-corrected chi connectivity index (χ1v) is 6.24. The van der Waals surface area contributed by atoms with E-state index in [2.05, 4.69) is 21.4 Å². The van der Waals surface area contributed by atoms with Crippen molar-refractivity contribution < 1.29 is 4.79 Å². The zero-order chi connectivity index (χ0) is 13.0.